The van der Waals surface area contributed by atoms with E-state index in [0.717, 1.165) is 13.1 Å². The monoisotopic (exact) mass is 151 g/mol. The fourth-order valence-electron chi connectivity index (χ4n) is 0.401. The molecule has 56 valence electrons. The Labute approximate surface area is 55.6 Å². The van der Waals surface area contributed by atoms with E-state index in [4.69, 9.17) is 0 Å². The summed E-state index contributed by atoms with van der Waals surface area (Å²) in [5.74, 6) is 0. The number of hydrogen-bond donors (Lipinski definition) is 0. The van der Waals surface area contributed by atoms with Crippen LogP contribution in [-0.2, 0) is 9.09 Å². The fourth-order valence-corrected chi connectivity index (χ4v) is 1.20. The molecule has 0 rings (SSSR count). The van der Waals surface area contributed by atoms with E-state index in [9.17, 15) is 9.46 Å². The topological polar surface area (TPSA) is 49.4 Å². The molecular formula is C5H12O3P-. The Morgan fingerprint density at radius 2 is 2.22 bits per heavy atom. The zero-order valence-electron chi connectivity index (χ0n) is 5.96. The molecule has 3 nitrogen and oxygen atoms in total. The van der Waals surface area contributed by atoms with Gasteiger partial charge in [0, 0.05) is 6.66 Å². The van der Waals surface area contributed by atoms with Crippen molar-refractivity contribution < 1.29 is 14.0 Å². The standard InChI is InChI=1S/C5H13O3P/c1-4-5(2)8-9(3,6)7/h5H,4H2,1-3H3,(H,6,7)/p-1. The Balaban J connectivity index is 3.60. The summed E-state index contributed by atoms with van der Waals surface area (Å²) in [4.78, 5) is 10.4. The van der Waals surface area contributed by atoms with Crippen molar-refractivity contribution in [3.8, 4) is 0 Å². The van der Waals surface area contributed by atoms with Crippen LogP contribution in [0.4, 0.5) is 0 Å². The highest BCUT2D eigenvalue weighted by molar-refractivity contribution is 7.50. The van der Waals surface area contributed by atoms with Crippen molar-refractivity contribution in [2.24, 2.45) is 0 Å². The Kier molecular flexibility index (Phi) is 3.41. The van der Waals surface area contributed by atoms with Crippen molar-refractivity contribution in [3.05, 3.63) is 0 Å². The van der Waals surface area contributed by atoms with Crippen LogP contribution in [0.1, 0.15) is 20.3 Å². The quantitative estimate of drug-likeness (QED) is 0.565. The van der Waals surface area contributed by atoms with Gasteiger partial charge in [0.2, 0.25) is 0 Å². The van der Waals surface area contributed by atoms with Gasteiger partial charge in [0.15, 0.2) is 0 Å². The van der Waals surface area contributed by atoms with Crippen molar-refractivity contribution in [1.29, 1.82) is 0 Å². The van der Waals surface area contributed by atoms with Crippen molar-refractivity contribution in [1.82, 2.24) is 0 Å². The second-order valence-corrected chi connectivity index (χ2v) is 3.85. The molecule has 4 heteroatoms. The Morgan fingerprint density at radius 3 is 2.33 bits per heavy atom. The highest BCUT2D eigenvalue weighted by atomic mass is 31.2. The molecule has 0 amide bonds. The first kappa shape index (κ1) is 9.15. The summed E-state index contributed by atoms with van der Waals surface area (Å²) in [6, 6.07) is 0. The van der Waals surface area contributed by atoms with Gasteiger partial charge in [-0.15, -0.1) is 0 Å². The van der Waals surface area contributed by atoms with Crippen molar-refractivity contribution in [3.63, 3.8) is 0 Å². The van der Waals surface area contributed by atoms with Gasteiger partial charge in [-0.1, -0.05) is 6.92 Å². The van der Waals surface area contributed by atoms with E-state index in [2.05, 4.69) is 4.52 Å². The normalized spacial score (nSPS) is 20.9. The van der Waals surface area contributed by atoms with Crippen molar-refractivity contribution in [2.45, 2.75) is 26.4 Å². The second-order valence-electron chi connectivity index (χ2n) is 2.10. The molecule has 0 aromatic heterocycles. The summed E-state index contributed by atoms with van der Waals surface area (Å²) in [7, 11) is -3.49. The van der Waals surface area contributed by atoms with Gasteiger partial charge >= 0.3 is 0 Å². The molecule has 2 atom stereocenters. The first-order chi connectivity index (χ1) is 3.95. The Morgan fingerprint density at radius 1 is 1.78 bits per heavy atom. The smallest absolute Gasteiger partial charge is 0.132 e. The van der Waals surface area contributed by atoms with Gasteiger partial charge in [-0.25, -0.2) is 0 Å². The molecule has 0 fully saturated rings. The molecule has 0 N–H and O–H groups in total. The van der Waals surface area contributed by atoms with Gasteiger partial charge in [0.1, 0.15) is 7.60 Å². The third kappa shape index (κ3) is 6.03. The van der Waals surface area contributed by atoms with Crippen LogP contribution in [0.25, 0.3) is 0 Å². The highest BCUT2D eigenvalue weighted by Gasteiger charge is 2.03. The molecule has 9 heavy (non-hydrogen) atoms. The lowest BCUT2D eigenvalue weighted by molar-refractivity contribution is -0.199. The minimum Gasteiger partial charge on any atom is -0.779 e. The largest absolute Gasteiger partial charge is 0.779 e. The van der Waals surface area contributed by atoms with E-state index in [0.29, 0.717) is 0 Å². The van der Waals surface area contributed by atoms with Crippen LogP contribution in [0, 0.1) is 0 Å². The maximum atomic E-state index is 10.4. The summed E-state index contributed by atoms with van der Waals surface area (Å²) < 4.78 is 15.0. The van der Waals surface area contributed by atoms with E-state index in [1.54, 1.807) is 6.92 Å². The SMILES string of the molecule is CCC(C)OP(C)(=O)[O-]. The van der Waals surface area contributed by atoms with Gasteiger partial charge in [-0.3, -0.25) is 0 Å². The van der Waals surface area contributed by atoms with Gasteiger partial charge in [0.25, 0.3) is 0 Å². The van der Waals surface area contributed by atoms with Crippen LogP contribution >= 0.6 is 7.60 Å². The molecule has 0 saturated carbocycles. The molecule has 0 radical (unpaired) electrons. The minimum atomic E-state index is -3.49. The van der Waals surface area contributed by atoms with Crippen LogP contribution in [-0.4, -0.2) is 12.8 Å². The average molecular weight is 151 g/mol. The molecule has 0 aromatic rings. The lowest BCUT2D eigenvalue weighted by atomic mass is 10.3. The lowest BCUT2D eigenvalue weighted by Crippen LogP contribution is -2.10. The van der Waals surface area contributed by atoms with Gasteiger partial charge in [-0.05, 0) is 13.3 Å². The number of rotatable bonds is 3. The maximum absolute atomic E-state index is 10.4. The summed E-state index contributed by atoms with van der Waals surface area (Å²) in [6.45, 7) is 4.69. The maximum Gasteiger partial charge on any atom is 0.132 e. The molecule has 0 saturated heterocycles. The molecular weight excluding hydrogens is 139 g/mol. The second kappa shape index (κ2) is 3.35. The van der Waals surface area contributed by atoms with Crippen molar-refractivity contribution in [2.75, 3.05) is 6.66 Å². The fraction of sp³-hybridized carbons (Fsp3) is 1.00. The number of hydrogen-bond acceptors (Lipinski definition) is 3. The predicted octanol–water partition coefficient (Wildman–Crippen LogP) is 0.985. The first-order valence-corrected chi connectivity index (χ1v) is 4.91. The van der Waals surface area contributed by atoms with Crippen LogP contribution in [0.3, 0.4) is 0 Å². The molecule has 0 bridgehead atoms. The van der Waals surface area contributed by atoms with Crippen LogP contribution in [0.5, 0.6) is 0 Å². The Bertz CT molecular complexity index is 117. The molecule has 2 unspecified atom stereocenters. The van der Waals surface area contributed by atoms with Gasteiger partial charge < -0.3 is 14.0 Å². The van der Waals surface area contributed by atoms with Crippen LogP contribution in [0.2, 0.25) is 0 Å². The zero-order chi connectivity index (χ0) is 7.49. The first-order valence-electron chi connectivity index (χ1n) is 2.92. The van der Waals surface area contributed by atoms with Crippen molar-refractivity contribution >= 4 is 7.60 Å². The van der Waals surface area contributed by atoms with E-state index in [-0.39, 0.29) is 6.10 Å². The lowest BCUT2D eigenvalue weighted by Gasteiger charge is -2.21. The average Bonchev–Trinajstić information content (AvgIpc) is 1.62. The van der Waals surface area contributed by atoms with E-state index in [1.165, 1.54) is 0 Å². The third-order valence-corrected chi connectivity index (χ3v) is 1.69. The Hall–Kier alpha value is 0.150. The predicted molar refractivity (Wildman–Crippen MR) is 34.4 cm³/mol. The third-order valence-electron chi connectivity index (χ3n) is 0.946. The van der Waals surface area contributed by atoms with Crippen LogP contribution in [0.15, 0.2) is 0 Å². The summed E-state index contributed by atoms with van der Waals surface area (Å²) in [5, 5.41) is 0. The molecule has 0 aliphatic heterocycles. The molecule has 0 aromatic carbocycles. The van der Waals surface area contributed by atoms with Crippen LogP contribution < -0.4 is 4.89 Å². The molecule has 0 aliphatic carbocycles. The van der Waals surface area contributed by atoms with E-state index in [1.807, 2.05) is 6.92 Å². The molecule has 0 heterocycles. The molecule has 0 spiro atoms. The highest BCUT2D eigenvalue weighted by Crippen LogP contribution is 2.33. The van der Waals surface area contributed by atoms with Gasteiger partial charge in [-0.2, -0.15) is 0 Å². The summed E-state index contributed by atoms with van der Waals surface area (Å²) in [6.07, 6.45) is 0.540. The van der Waals surface area contributed by atoms with E-state index >= 15 is 0 Å². The zero-order valence-corrected chi connectivity index (χ0v) is 6.85. The summed E-state index contributed by atoms with van der Waals surface area (Å²) in [5.41, 5.74) is 0. The van der Waals surface area contributed by atoms with Gasteiger partial charge in [0.05, 0.1) is 6.10 Å². The van der Waals surface area contributed by atoms with E-state index < -0.39 is 7.60 Å². The minimum absolute atomic E-state index is 0.182. The summed E-state index contributed by atoms with van der Waals surface area (Å²) >= 11 is 0. The molecule has 0 aliphatic rings.